The van der Waals surface area contributed by atoms with Gasteiger partial charge in [-0.1, -0.05) is 0 Å². The molecule has 3 aliphatic heterocycles. The van der Waals surface area contributed by atoms with Crippen LogP contribution in [0.25, 0.3) is 0 Å². The molecule has 0 saturated carbocycles. The van der Waals surface area contributed by atoms with Gasteiger partial charge in [-0.05, 0) is 71.5 Å². The van der Waals surface area contributed by atoms with Gasteiger partial charge in [-0.3, -0.25) is 0 Å². The molecular formula is C17H31N3O2. The quantitative estimate of drug-likeness (QED) is 0.865. The van der Waals surface area contributed by atoms with E-state index >= 15 is 0 Å². The Hall–Kier alpha value is -0.810. The topological polar surface area (TPSA) is 44.8 Å². The normalized spacial score (nSPS) is 35.0. The van der Waals surface area contributed by atoms with E-state index in [0.29, 0.717) is 12.0 Å². The van der Waals surface area contributed by atoms with E-state index in [1.807, 2.05) is 25.7 Å². The molecule has 0 spiro atoms. The van der Waals surface area contributed by atoms with Gasteiger partial charge in [0.05, 0.1) is 0 Å². The average Bonchev–Trinajstić information content (AvgIpc) is 3.04. The van der Waals surface area contributed by atoms with Crippen molar-refractivity contribution in [2.24, 2.45) is 11.8 Å². The van der Waals surface area contributed by atoms with Gasteiger partial charge in [-0.15, -0.1) is 0 Å². The molecule has 0 aliphatic carbocycles. The number of ether oxygens (including phenoxy) is 1. The Balaban J connectivity index is 1.40. The van der Waals surface area contributed by atoms with E-state index < -0.39 is 5.60 Å². The van der Waals surface area contributed by atoms with Gasteiger partial charge >= 0.3 is 6.09 Å². The molecule has 22 heavy (non-hydrogen) atoms. The number of rotatable bonds is 3. The van der Waals surface area contributed by atoms with E-state index in [1.165, 1.54) is 32.5 Å². The number of fused-ring (bicyclic) bond motifs is 2. The summed E-state index contributed by atoms with van der Waals surface area (Å²) in [5, 5.41) is 3.79. The first-order valence-corrected chi connectivity index (χ1v) is 8.84. The Morgan fingerprint density at radius 1 is 1.14 bits per heavy atom. The molecule has 1 amide bonds. The molecule has 3 heterocycles. The first kappa shape index (κ1) is 16.1. The molecule has 3 aliphatic rings. The summed E-state index contributed by atoms with van der Waals surface area (Å²) in [6.45, 7) is 12.3. The number of piperidine rings is 1. The van der Waals surface area contributed by atoms with Gasteiger partial charge in [0.2, 0.25) is 0 Å². The van der Waals surface area contributed by atoms with Gasteiger partial charge < -0.3 is 19.9 Å². The summed E-state index contributed by atoms with van der Waals surface area (Å²) < 4.78 is 5.47. The van der Waals surface area contributed by atoms with Crippen LogP contribution >= 0.6 is 0 Å². The third-order valence-corrected chi connectivity index (χ3v) is 5.24. The van der Waals surface area contributed by atoms with Gasteiger partial charge in [0, 0.05) is 25.7 Å². The molecule has 5 heteroatoms. The van der Waals surface area contributed by atoms with Crippen LogP contribution in [0.15, 0.2) is 0 Å². The van der Waals surface area contributed by atoms with Crippen molar-refractivity contribution in [1.29, 1.82) is 0 Å². The van der Waals surface area contributed by atoms with Gasteiger partial charge in [0.1, 0.15) is 5.60 Å². The molecule has 0 radical (unpaired) electrons. The van der Waals surface area contributed by atoms with Crippen LogP contribution in [0.2, 0.25) is 0 Å². The van der Waals surface area contributed by atoms with Crippen LogP contribution < -0.4 is 5.32 Å². The number of nitrogens with one attached hydrogen (secondary N) is 1. The summed E-state index contributed by atoms with van der Waals surface area (Å²) >= 11 is 0. The summed E-state index contributed by atoms with van der Waals surface area (Å²) in [4.78, 5) is 16.6. The first-order chi connectivity index (χ1) is 10.4. The van der Waals surface area contributed by atoms with E-state index in [9.17, 15) is 4.79 Å². The second kappa shape index (κ2) is 6.36. The Labute approximate surface area is 134 Å². The summed E-state index contributed by atoms with van der Waals surface area (Å²) in [5.74, 6) is 1.42. The number of likely N-dealkylation sites (tertiary alicyclic amines) is 1. The minimum absolute atomic E-state index is 0.154. The Morgan fingerprint density at radius 2 is 1.91 bits per heavy atom. The van der Waals surface area contributed by atoms with E-state index in [1.54, 1.807) is 0 Å². The first-order valence-electron chi connectivity index (χ1n) is 8.84. The standard InChI is InChI=1S/C17H31N3O2/c1-17(2,3)22-16(21)20-9-4-13(11-20)10-18-15-6-8-19-7-5-14(15)12-19/h13-15,18H,4-12H2,1-3H3. The van der Waals surface area contributed by atoms with Gasteiger partial charge in [0.25, 0.3) is 0 Å². The lowest BCUT2D eigenvalue weighted by molar-refractivity contribution is 0.0288. The number of hydrogen-bond acceptors (Lipinski definition) is 4. The number of hydrogen-bond donors (Lipinski definition) is 1. The average molecular weight is 309 g/mol. The van der Waals surface area contributed by atoms with Gasteiger partial charge in [-0.2, -0.15) is 0 Å². The maximum absolute atomic E-state index is 12.1. The Bertz CT molecular complexity index is 407. The predicted octanol–water partition coefficient (Wildman–Crippen LogP) is 1.93. The lowest BCUT2D eigenvalue weighted by Gasteiger charge is -2.32. The monoisotopic (exact) mass is 309 g/mol. The Kier molecular flexibility index (Phi) is 4.64. The minimum Gasteiger partial charge on any atom is -0.444 e. The molecule has 3 saturated heterocycles. The zero-order chi connectivity index (χ0) is 15.7. The summed E-state index contributed by atoms with van der Waals surface area (Å²) in [7, 11) is 0. The molecule has 0 aromatic carbocycles. The molecule has 126 valence electrons. The van der Waals surface area contributed by atoms with Crippen LogP contribution in [0.5, 0.6) is 0 Å². The van der Waals surface area contributed by atoms with Crippen molar-refractivity contribution in [3.8, 4) is 0 Å². The molecule has 3 fully saturated rings. The molecule has 1 N–H and O–H groups in total. The summed E-state index contributed by atoms with van der Waals surface area (Å²) in [6.07, 6.45) is 3.58. The van der Waals surface area contributed by atoms with Crippen molar-refractivity contribution in [2.45, 2.75) is 51.7 Å². The fourth-order valence-electron chi connectivity index (χ4n) is 4.03. The van der Waals surface area contributed by atoms with Crippen molar-refractivity contribution in [3.63, 3.8) is 0 Å². The number of amides is 1. The van der Waals surface area contributed by atoms with Crippen molar-refractivity contribution in [2.75, 3.05) is 39.3 Å². The molecule has 4 atom stereocenters. The van der Waals surface area contributed by atoms with Crippen molar-refractivity contribution in [3.05, 3.63) is 0 Å². The van der Waals surface area contributed by atoms with Crippen molar-refractivity contribution >= 4 is 6.09 Å². The Morgan fingerprint density at radius 3 is 2.68 bits per heavy atom. The van der Waals surface area contributed by atoms with E-state index in [4.69, 9.17) is 4.74 Å². The number of nitrogens with zero attached hydrogens (tertiary/aromatic N) is 2. The zero-order valence-corrected chi connectivity index (χ0v) is 14.3. The lowest BCUT2D eigenvalue weighted by Crippen LogP contribution is -2.45. The predicted molar refractivity (Wildman–Crippen MR) is 86.9 cm³/mol. The summed E-state index contributed by atoms with van der Waals surface area (Å²) in [6, 6.07) is 0.689. The maximum atomic E-state index is 12.1. The zero-order valence-electron chi connectivity index (χ0n) is 14.3. The molecular weight excluding hydrogens is 278 g/mol. The number of carbonyl (C=O) groups is 1. The lowest BCUT2D eigenvalue weighted by atomic mass is 9.93. The molecule has 0 aromatic heterocycles. The molecule has 2 bridgehead atoms. The highest BCUT2D eigenvalue weighted by Gasteiger charge is 2.35. The van der Waals surface area contributed by atoms with E-state index in [2.05, 4.69) is 10.2 Å². The van der Waals surface area contributed by atoms with E-state index in [0.717, 1.165) is 32.0 Å². The van der Waals surface area contributed by atoms with Crippen LogP contribution in [0.1, 0.15) is 40.0 Å². The maximum Gasteiger partial charge on any atom is 0.410 e. The fraction of sp³-hybridized carbons (Fsp3) is 0.941. The van der Waals surface area contributed by atoms with E-state index in [-0.39, 0.29) is 6.09 Å². The van der Waals surface area contributed by atoms with Crippen molar-refractivity contribution in [1.82, 2.24) is 15.1 Å². The molecule has 0 aromatic rings. The summed E-state index contributed by atoms with van der Waals surface area (Å²) in [5.41, 5.74) is -0.399. The molecule has 5 nitrogen and oxygen atoms in total. The number of carbonyl (C=O) groups excluding carboxylic acids is 1. The minimum atomic E-state index is -0.399. The fourth-order valence-corrected chi connectivity index (χ4v) is 4.03. The molecule has 3 rings (SSSR count). The van der Waals surface area contributed by atoms with Crippen LogP contribution in [0, 0.1) is 11.8 Å². The second-order valence-corrected chi connectivity index (χ2v) is 8.23. The largest absolute Gasteiger partial charge is 0.444 e. The molecule has 4 unspecified atom stereocenters. The van der Waals surface area contributed by atoms with Gasteiger partial charge in [0.15, 0.2) is 0 Å². The second-order valence-electron chi connectivity index (χ2n) is 8.23. The third kappa shape index (κ3) is 3.93. The van der Waals surface area contributed by atoms with Crippen LogP contribution in [-0.2, 0) is 4.74 Å². The van der Waals surface area contributed by atoms with Crippen LogP contribution in [-0.4, -0.2) is 66.8 Å². The van der Waals surface area contributed by atoms with Crippen LogP contribution in [0.3, 0.4) is 0 Å². The smallest absolute Gasteiger partial charge is 0.410 e. The van der Waals surface area contributed by atoms with Crippen molar-refractivity contribution < 1.29 is 9.53 Å². The van der Waals surface area contributed by atoms with Gasteiger partial charge in [-0.25, -0.2) is 4.79 Å². The highest BCUT2D eigenvalue weighted by atomic mass is 16.6. The third-order valence-electron chi connectivity index (χ3n) is 5.24. The highest BCUT2D eigenvalue weighted by Crippen LogP contribution is 2.27. The highest BCUT2D eigenvalue weighted by molar-refractivity contribution is 5.68. The van der Waals surface area contributed by atoms with Crippen LogP contribution in [0.4, 0.5) is 4.79 Å². The SMILES string of the molecule is CC(C)(C)OC(=O)N1CCC(CNC2CCN3CCC2C3)C1.